The molecule has 0 spiro atoms. The smallest absolute Gasteiger partial charge is 0.257 e. The average Bonchev–Trinajstić information content (AvgIpc) is 2.97. The fraction of sp³-hybridized carbons (Fsp3) is 0.500. The minimum absolute atomic E-state index is 0.0366. The Morgan fingerprint density at radius 3 is 3.05 bits per heavy atom. The predicted octanol–water partition coefficient (Wildman–Crippen LogP) is 0.947. The summed E-state index contributed by atoms with van der Waals surface area (Å²) in [5, 5.41) is 2.68. The monoisotopic (exact) mass is 316 g/mol. The molecule has 1 unspecified atom stereocenters. The van der Waals surface area contributed by atoms with Crippen molar-refractivity contribution in [1.82, 2.24) is 9.71 Å². The number of sulfonamides is 1. The first-order valence-corrected chi connectivity index (χ1v) is 8.70. The molecular weight excluding hydrogens is 300 g/mol. The van der Waals surface area contributed by atoms with Crippen LogP contribution in [0.4, 0.5) is 0 Å². The van der Waals surface area contributed by atoms with Crippen molar-refractivity contribution in [2.75, 3.05) is 19.0 Å². The van der Waals surface area contributed by atoms with Gasteiger partial charge < -0.3 is 4.74 Å². The van der Waals surface area contributed by atoms with Gasteiger partial charge in [0.2, 0.25) is 10.0 Å². The van der Waals surface area contributed by atoms with Crippen LogP contribution in [0.3, 0.4) is 0 Å². The van der Waals surface area contributed by atoms with Crippen LogP contribution in [0.1, 0.15) is 17.1 Å². The van der Waals surface area contributed by atoms with E-state index in [9.17, 15) is 13.2 Å². The van der Waals surface area contributed by atoms with Gasteiger partial charge in [0, 0.05) is 24.0 Å². The second-order valence-corrected chi connectivity index (χ2v) is 7.43. The standard InChI is InChI=1S/C12H16N2O4S2/c1-9-13-11(7-19-9)2-3-12(15)14-20(16,17)8-10-4-5-18-6-10/h2-3,7,10H,4-6,8H2,1H3,(H,14,15). The molecule has 1 aromatic heterocycles. The summed E-state index contributed by atoms with van der Waals surface area (Å²) in [7, 11) is -3.61. The van der Waals surface area contributed by atoms with E-state index < -0.39 is 15.9 Å². The lowest BCUT2D eigenvalue weighted by Crippen LogP contribution is -2.33. The third kappa shape index (κ3) is 4.69. The van der Waals surface area contributed by atoms with Crippen molar-refractivity contribution in [2.45, 2.75) is 13.3 Å². The van der Waals surface area contributed by atoms with Crippen LogP contribution < -0.4 is 4.72 Å². The highest BCUT2D eigenvalue weighted by molar-refractivity contribution is 7.90. The van der Waals surface area contributed by atoms with Crippen molar-refractivity contribution in [3.05, 3.63) is 22.2 Å². The number of aryl methyl sites for hydroxylation is 1. The molecule has 1 atom stereocenters. The Morgan fingerprint density at radius 1 is 1.65 bits per heavy atom. The van der Waals surface area contributed by atoms with Crippen molar-refractivity contribution in [2.24, 2.45) is 5.92 Å². The molecule has 1 aliphatic rings. The van der Waals surface area contributed by atoms with Crippen LogP contribution in [0.5, 0.6) is 0 Å². The minimum atomic E-state index is -3.61. The van der Waals surface area contributed by atoms with Gasteiger partial charge in [-0.25, -0.2) is 18.1 Å². The summed E-state index contributed by atoms with van der Waals surface area (Å²) < 4.78 is 30.7. The van der Waals surface area contributed by atoms with E-state index in [0.29, 0.717) is 25.3 Å². The number of aromatic nitrogens is 1. The zero-order chi connectivity index (χ0) is 14.6. The van der Waals surface area contributed by atoms with Gasteiger partial charge >= 0.3 is 0 Å². The molecule has 0 bridgehead atoms. The molecule has 2 heterocycles. The Bertz CT molecular complexity index is 601. The number of amides is 1. The summed E-state index contributed by atoms with van der Waals surface area (Å²) in [4.78, 5) is 15.7. The summed E-state index contributed by atoms with van der Waals surface area (Å²) >= 11 is 1.46. The molecule has 20 heavy (non-hydrogen) atoms. The van der Waals surface area contributed by atoms with E-state index in [1.54, 1.807) is 5.38 Å². The van der Waals surface area contributed by atoms with E-state index in [1.165, 1.54) is 23.5 Å². The van der Waals surface area contributed by atoms with Crippen molar-refractivity contribution in [3.63, 3.8) is 0 Å². The topological polar surface area (TPSA) is 85.4 Å². The lowest BCUT2D eigenvalue weighted by Gasteiger charge is -2.08. The number of carbonyl (C=O) groups is 1. The number of nitrogens with zero attached hydrogens (tertiary/aromatic N) is 1. The van der Waals surface area contributed by atoms with Crippen LogP contribution in [0.2, 0.25) is 0 Å². The largest absolute Gasteiger partial charge is 0.381 e. The molecule has 0 aromatic carbocycles. The van der Waals surface area contributed by atoms with E-state index >= 15 is 0 Å². The maximum absolute atomic E-state index is 11.8. The van der Waals surface area contributed by atoms with Gasteiger partial charge in [-0.05, 0) is 19.4 Å². The molecule has 1 aromatic rings. The fourth-order valence-corrected chi connectivity index (χ4v) is 3.79. The summed E-state index contributed by atoms with van der Waals surface area (Å²) in [6.07, 6.45) is 3.38. The molecule has 1 fully saturated rings. The third-order valence-electron chi connectivity index (χ3n) is 2.78. The fourth-order valence-electron chi connectivity index (χ4n) is 1.87. The van der Waals surface area contributed by atoms with E-state index in [2.05, 4.69) is 4.98 Å². The second-order valence-electron chi connectivity index (χ2n) is 4.60. The molecule has 0 aliphatic carbocycles. The van der Waals surface area contributed by atoms with Gasteiger partial charge in [-0.15, -0.1) is 11.3 Å². The molecule has 6 nitrogen and oxygen atoms in total. The van der Waals surface area contributed by atoms with E-state index in [1.807, 2.05) is 11.6 Å². The van der Waals surface area contributed by atoms with Crippen LogP contribution in [-0.4, -0.2) is 38.3 Å². The lowest BCUT2D eigenvalue weighted by molar-refractivity contribution is -0.114. The third-order valence-corrected chi connectivity index (χ3v) is 4.99. The quantitative estimate of drug-likeness (QED) is 0.817. The van der Waals surface area contributed by atoms with Gasteiger partial charge in [-0.1, -0.05) is 0 Å². The van der Waals surface area contributed by atoms with Crippen molar-refractivity contribution >= 4 is 33.3 Å². The molecule has 8 heteroatoms. The Kier molecular flexibility index (Phi) is 4.90. The first kappa shape index (κ1) is 15.1. The summed E-state index contributed by atoms with van der Waals surface area (Å²) in [6, 6.07) is 0. The Hall–Kier alpha value is -1.25. The Balaban J connectivity index is 1.88. The maximum Gasteiger partial charge on any atom is 0.257 e. The maximum atomic E-state index is 11.8. The number of carbonyl (C=O) groups excluding carboxylic acids is 1. The van der Waals surface area contributed by atoms with E-state index in [4.69, 9.17) is 4.74 Å². The zero-order valence-electron chi connectivity index (χ0n) is 11.0. The highest BCUT2D eigenvalue weighted by atomic mass is 32.2. The SMILES string of the molecule is Cc1nc(C=CC(=O)NS(=O)(=O)CC2CCOC2)cs1. The molecule has 1 saturated heterocycles. The summed E-state index contributed by atoms with van der Waals surface area (Å²) in [5.74, 6) is -0.775. The van der Waals surface area contributed by atoms with Crippen molar-refractivity contribution in [3.8, 4) is 0 Å². The molecule has 0 radical (unpaired) electrons. The molecule has 0 saturated carbocycles. The van der Waals surface area contributed by atoms with Gasteiger partial charge in [-0.3, -0.25) is 4.79 Å². The van der Waals surface area contributed by atoms with Crippen molar-refractivity contribution < 1.29 is 17.9 Å². The number of ether oxygens (including phenoxy) is 1. The summed E-state index contributed by atoms with van der Waals surface area (Å²) in [5.41, 5.74) is 0.643. The number of thiazole rings is 1. The van der Waals surface area contributed by atoms with E-state index in [-0.39, 0.29) is 11.7 Å². The number of hydrogen-bond donors (Lipinski definition) is 1. The molecule has 2 rings (SSSR count). The zero-order valence-corrected chi connectivity index (χ0v) is 12.7. The number of rotatable bonds is 5. The summed E-state index contributed by atoms with van der Waals surface area (Å²) in [6.45, 7) is 2.87. The van der Waals surface area contributed by atoms with Gasteiger partial charge in [0.25, 0.3) is 5.91 Å². The Labute approximate surface area is 121 Å². The normalized spacial score (nSPS) is 19.6. The van der Waals surface area contributed by atoms with Crippen molar-refractivity contribution in [1.29, 1.82) is 0 Å². The molecule has 1 aliphatic heterocycles. The Morgan fingerprint density at radius 2 is 2.45 bits per heavy atom. The number of nitrogens with one attached hydrogen (secondary N) is 1. The number of hydrogen-bond acceptors (Lipinski definition) is 6. The van der Waals surface area contributed by atoms with Gasteiger partial charge in [0.05, 0.1) is 23.1 Å². The first-order chi connectivity index (χ1) is 9.44. The van der Waals surface area contributed by atoms with Gasteiger partial charge in [-0.2, -0.15) is 0 Å². The molecule has 1 N–H and O–H groups in total. The minimum Gasteiger partial charge on any atom is -0.381 e. The highest BCUT2D eigenvalue weighted by Gasteiger charge is 2.23. The van der Waals surface area contributed by atoms with Gasteiger partial charge in [0.15, 0.2) is 0 Å². The van der Waals surface area contributed by atoms with Crippen LogP contribution in [0.25, 0.3) is 6.08 Å². The molecule has 1 amide bonds. The highest BCUT2D eigenvalue weighted by Crippen LogP contribution is 2.14. The van der Waals surface area contributed by atoms with Crippen LogP contribution in [-0.2, 0) is 19.6 Å². The van der Waals surface area contributed by atoms with Gasteiger partial charge in [0.1, 0.15) is 0 Å². The van der Waals surface area contributed by atoms with E-state index in [0.717, 1.165) is 5.01 Å². The molecular formula is C12H16N2O4S2. The van der Waals surface area contributed by atoms with Crippen LogP contribution in [0, 0.1) is 12.8 Å². The van der Waals surface area contributed by atoms with Crippen LogP contribution >= 0.6 is 11.3 Å². The van der Waals surface area contributed by atoms with Crippen LogP contribution in [0.15, 0.2) is 11.5 Å². The lowest BCUT2D eigenvalue weighted by atomic mass is 10.2. The first-order valence-electron chi connectivity index (χ1n) is 6.17. The predicted molar refractivity (Wildman–Crippen MR) is 76.7 cm³/mol. The second kappa shape index (κ2) is 6.47. The average molecular weight is 316 g/mol. The molecule has 110 valence electrons.